The topological polar surface area (TPSA) is 25.8 Å². The molecule has 0 atom stereocenters. The highest BCUT2D eigenvalue weighted by atomic mass is 32.1. The zero-order chi connectivity index (χ0) is 42.1. The summed E-state index contributed by atoms with van der Waals surface area (Å²) >= 11 is 3.67. The number of benzene rings is 10. The fraction of sp³-hybridized carbons (Fsp3) is 0. The van der Waals surface area contributed by atoms with Crippen LogP contribution in [0.1, 0.15) is 0 Å². The molecule has 0 N–H and O–H groups in total. The molecule has 0 fully saturated rings. The van der Waals surface area contributed by atoms with Gasteiger partial charge in [-0.25, -0.2) is 9.97 Å². The summed E-state index contributed by atoms with van der Waals surface area (Å²) in [5.41, 5.74) is 11.7. The zero-order valence-corrected chi connectivity index (χ0v) is 36.1. The third-order valence-electron chi connectivity index (χ3n) is 12.7. The predicted molar refractivity (Wildman–Crippen MR) is 275 cm³/mol. The van der Waals surface area contributed by atoms with Gasteiger partial charge in [-0.15, -0.1) is 22.7 Å². The van der Waals surface area contributed by atoms with E-state index < -0.39 is 0 Å². The lowest BCUT2D eigenvalue weighted by Crippen LogP contribution is -2.01. The molecule has 0 unspecified atom stereocenters. The summed E-state index contributed by atoms with van der Waals surface area (Å²) in [6.07, 6.45) is 0. The Morgan fingerprint density at radius 2 is 0.719 bits per heavy atom. The van der Waals surface area contributed by atoms with Crippen LogP contribution in [-0.4, -0.2) is 9.97 Å². The van der Waals surface area contributed by atoms with Crippen LogP contribution in [0, 0.1) is 0 Å². The van der Waals surface area contributed by atoms with Gasteiger partial charge >= 0.3 is 0 Å². The molecule has 3 aromatic heterocycles. The van der Waals surface area contributed by atoms with E-state index in [4.69, 9.17) is 9.97 Å². The highest BCUT2D eigenvalue weighted by molar-refractivity contribution is 7.26. The molecule has 0 bridgehead atoms. The lowest BCUT2D eigenvalue weighted by atomic mass is 9.82. The minimum atomic E-state index is 0.688. The summed E-state index contributed by atoms with van der Waals surface area (Å²) in [5.74, 6) is 0.688. The fourth-order valence-corrected chi connectivity index (χ4v) is 12.3. The van der Waals surface area contributed by atoms with Crippen molar-refractivity contribution < 1.29 is 0 Å². The Bertz CT molecular complexity index is 3830. The number of hydrogen-bond acceptors (Lipinski definition) is 4. The molecular weight excluding hydrogens is 813 g/mol. The van der Waals surface area contributed by atoms with Gasteiger partial charge in [0.1, 0.15) is 0 Å². The van der Waals surface area contributed by atoms with E-state index in [1.54, 1.807) is 0 Å². The summed E-state index contributed by atoms with van der Waals surface area (Å²) < 4.78 is 4.98. The van der Waals surface area contributed by atoms with Crippen LogP contribution in [0.25, 0.3) is 129 Å². The van der Waals surface area contributed by atoms with E-state index in [0.717, 1.165) is 55.9 Å². The lowest BCUT2D eigenvalue weighted by molar-refractivity contribution is 1.19. The van der Waals surface area contributed by atoms with E-state index in [0.29, 0.717) is 5.82 Å². The molecule has 0 aliphatic carbocycles. The maximum absolute atomic E-state index is 5.79. The van der Waals surface area contributed by atoms with Gasteiger partial charge < -0.3 is 0 Å². The molecule has 0 saturated heterocycles. The number of nitrogens with zero attached hydrogens (tertiary/aromatic N) is 2. The van der Waals surface area contributed by atoms with Gasteiger partial charge in [0.15, 0.2) is 5.82 Å². The van der Waals surface area contributed by atoms with Crippen LogP contribution in [-0.2, 0) is 0 Å². The standard InChI is InChI=1S/C60H36N2S2/c1-2-16-39(17-3-1)42-34-35-47(43-26-12-20-37-18-4-6-22-40(37)43)56(46-27-13-21-38-19-5-7-23-41(38)46)57(42)60-61-52(50-30-14-28-48-44-24-8-10-32-54(44)63-58(48)50)36-53(62-60)51-31-15-29-49-45-25-9-11-33-55(45)64-59(49)51/h1-36H. The van der Waals surface area contributed by atoms with Crippen molar-refractivity contribution in [1.82, 2.24) is 9.97 Å². The van der Waals surface area contributed by atoms with Gasteiger partial charge in [0, 0.05) is 62.6 Å². The quantitative estimate of drug-likeness (QED) is 0.167. The molecule has 0 spiro atoms. The Morgan fingerprint density at radius 1 is 0.281 bits per heavy atom. The van der Waals surface area contributed by atoms with Crippen molar-refractivity contribution in [1.29, 1.82) is 0 Å². The van der Waals surface area contributed by atoms with E-state index >= 15 is 0 Å². The molecular formula is C60H36N2S2. The first-order chi connectivity index (χ1) is 31.7. The van der Waals surface area contributed by atoms with E-state index in [9.17, 15) is 0 Å². The van der Waals surface area contributed by atoms with Crippen molar-refractivity contribution in [3.63, 3.8) is 0 Å². The molecule has 0 saturated carbocycles. The summed E-state index contributed by atoms with van der Waals surface area (Å²) in [7, 11) is 0. The molecule has 2 nitrogen and oxygen atoms in total. The maximum atomic E-state index is 5.79. The highest BCUT2D eigenvalue weighted by Crippen LogP contribution is 2.50. The maximum Gasteiger partial charge on any atom is 0.161 e. The second-order valence-electron chi connectivity index (χ2n) is 16.4. The van der Waals surface area contributed by atoms with Crippen LogP contribution in [0.15, 0.2) is 218 Å². The van der Waals surface area contributed by atoms with Crippen LogP contribution in [0.3, 0.4) is 0 Å². The first kappa shape index (κ1) is 36.9. The highest BCUT2D eigenvalue weighted by Gasteiger charge is 2.26. The number of thiophene rings is 2. The van der Waals surface area contributed by atoms with Crippen LogP contribution in [0.2, 0.25) is 0 Å². The molecule has 0 radical (unpaired) electrons. The minimum absolute atomic E-state index is 0.688. The van der Waals surface area contributed by atoms with Gasteiger partial charge in [-0.3, -0.25) is 0 Å². The molecule has 4 heteroatoms. The SMILES string of the molecule is c1ccc(-c2ccc(-c3cccc4ccccc34)c(-c3cccc4ccccc34)c2-c2nc(-c3cccc4c3sc3ccccc34)cc(-c3cccc4c3sc3ccccc34)n2)cc1. The largest absolute Gasteiger partial charge is 0.228 e. The van der Waals surface area contributed by atoms with Gasteiger partial charge in [-0.2, -0.15) is 0 Å². The van der Waals surface area contributed by atoms with Crippen LogP contribution in [0.5, 0.6) is 0 Å². The first-order valence-electron chi connectivity index (χ1n) is 21.6. The second kappa shape index (κ2) is 15.0. The van der Waals surface area contributed by atoms with E-state index in [1.807, 2.05) is 22.7 Å². The van der Waals surface area contributed by atoms with Gasteiger partial charge in [-0.1, -0.05) is 200 Å². The van der Waals surface area contributed by atoms with Gasteiger partial charge in [0.05, 0.1) is 11.4 Å². The Labute approximate surface area is 378 Å². The molecule has 0 aliphatic heterocycles. The van der Waals surface area contributed by atoms with Crippen molar-refractivity contribution in [3.8, 4) is 67.3 Å². The molecule has 0 amide bonds. The van der Waals surface area contributed by atoms with E-state index in [-0.39, 0.29) is 0 Å². The Kier molecular flexibility index (Phi) is 8.61. The Morgan fingerprint density at radius 3 is 1.33 bits per heavy atom. The first-order valence-corrected chi connectivity index (χ1v) is 23.3. The van der Waals surface area contributed by atoms with Crippen LogP contribution >= 0.6 is 22.7 Å². The molecule has 10 aromatic carbocycles. The normalized spacial score (nSPS) is 11.8. The third-order valence-corrected chi connectivity index (χ3v) is 15.2. The lowest BCUT2D eigenvalue weighted by Gasteiger charge is -2.22. The minimum Gasteiger partial charge on any atom is -0.228 e. The van der Waals surface area contributed by atoms with Crippen LogP contribution < -0.4 is 0 Å². The third kappa shape index (κ3) is 5.91. The smallest absolute Gasteiger partial charge is 0.161 e. The van der Waals surface area contributed by atoms with E-state index in [1.165, 1.54) is 67.5 Å². The van der Waals surface area contributed by atoms with Crippen molar-refractivity contribution in [2.75, 3.05) is 0 Å². The monoisotopic (exact) mass is 848 g/mol. The van der Waals surface area contributed by atoms with Gasteiger partial charge in [0.2, 0.25) is 0 Å². The van der Waals surface area contributed by atoms with Crippen molar-refractivity contribution >= 4 is 84.6 Å². The summed E-state index contributed by atoms with van der Waals surface area (Å²) in [6.45, 7) is 0. The molecule has 13 aromatic rings. The summed E-state index contributed by atoms with van der Waals surface area (Å²) in [4.78, 5) is 11.6. The average molecular weight is 849 g/mol. The zero-order valence-electron chi connectivity index (χ0n) is 34.5. The summed E-state index contributed by atoms with van der Waals surface area (Å²) in [5, 5.41) is 9.78. The number of hydrogen-bond donors (Lipinski definition) is 0. The van der Waals surface area contributed by atoms with Gasteiger partial charge in [-0.05, 0) is 67.6 Å². The number of rotatable bonds is 6. The van der Waals surface area contributed by atoms with E-state index in [2.05, 4.69) is 218 Å². The van der Waals surface area contributed by atoms with Crippen molar-refractivity contribution in [3.05, 3.63) is 218 Å². The molecule has 13 rings (SSSR count). The second-order valence-corrected chi connectivity index (χ2v) is 18.5. The molecule has 0 aliphatic rings. The number of aromatic nitrogens is 2. The van der Waals surface area contributed by atoms with Gasteiger partial charge in [0.25, 0.3) is 0 Å². The molecule has 3 heterocycles. The molecule has 64 heavy (non-hydrogen) atoms. The van der Waals surface area contributed by atoms with Crippen molar-refractivity contribution in [2.45, 2.75) is 0 Å². The van der Waals surface area contributed by atoms with Crippen LogP contribution in [0.4, 0.5) is 0 Å². The predicted octanol–water partition coefficient (Wildman–Crippen LogP) is 17.5. The number of fused-ring (bicyclic) bond motifs is 8. The Hall–Kier alpha value is -7.76. The van der Waals surface area contributed by atoms with Crippen molar-refractivity contribution in [2.24, 2.45) is 0 Å². The molecule has 298 valence electrons. The average Bonchev–Trinajstić information content (AvgIpc) is 3.95. The Balaban J connectivity index is 1.20. The summed E-state index contributed by atoms with van der Waals surface area (Å²) in [6, 6.07) is 79.2. The fourth-order valence-electron chi connectivity index (χ4n) is 9.83.